The summed E-state index contributed by atoms with van der Waals surface area (Å²) in [5, 5.41) is 69.8. The third-order valence-electron chi connectivity index (χ3n) is 5.81. The van der Waals surface area contributed by atoms with Crippen molar-refractivity contribution in [3.05, 3.63) is 41.5 Å². The second-order valence-electron chi connectivity index (χ2n) is 7.98. The molecule has 7 N–H and O–H groups in total. The first kappa shape index (κ1) is 23.4. The Morgan fingerprint density at radius 3 is 2.39 bits per heavy atom. The van der Waals surface area contributed by atoms with Gasteiger partial charge < -0.3 is 54.7 Å². The van der Waals surface area contributed by atoms with E-state index in [0.717, 1.165) is 0 Å². The SMILES string of the molecule is COc1cc(O[C@@H]2O[C@H](CO)[C@@H](O)[C@H](O)[C@H]2O)c2c(c1)O[C@H](c1ccc(O)c(O)c1)[C@@H](O)C2. The van der Waals surface area contributed by atoms with Gasteiger partial charge >= 0.3 is 0 Å². The van der Waals surface area contributed by atoms with Crippen LogP contribution in [-0.4, -0.2) is 86.3 Å². The fourth-order valence-electron chi connectivity index (χ4n) is 3.95. The molecule has 2 aromatic rings. The van der Waals surface area contributed by atoms with Gasteiger partial charge in [-0.05, 0) is 17.7 Å². The summed E-state index contributed by atoms with van der Waals surface area (Å²) < 4.78 is 22.5. The van der Waals surface area contributed by atoms with Crippen LogP contribution in [0.1, 0.15) is 17.2 Å². The first-order valence-electron chi connectivity index (χ1n) is 10.3. The molecule has 7 atom stereocenters. The number of phenols is 2. The Bertz CT molecular complexity index is 995. The molecule has 0 radical (unpaired) electrons. The summed E-state index contributed by atoms with van der Waals surface area (Å²) in [5.41, 5.74) is 0.863. The Balaban J connectivity index is 1.65. The zero-order chi connectivity index (χ0) is 23.9. The molecule has 1 saturated heterocycles. The number of ether oxygens (including phenoxy) is 4. The van der Waals surface area contributed by atoms with E-state index in [4.69, 9.17) is 18.9 Å². The molecule has 0 unspecified atom stereocenters. The molecule has 11 nitrogen and oxygen atoms in total. The molecule has 2 aliphatic heterocycles. The monoisotopic (exact) mass is 466 g/mol. The number of benzene rings is 2. The average molecular weight is 466 g/mol. The number of rotatable bonds is 5. The van der Waals surface area contributed by atoms with Crippen LogP contribution in [-0.2, 0) is 11.2 Å². The van der Waals surface area contributed by atoms with Crippen molar-refractivity contribution in [1.82, 2.24) is 0 Å². The van der Waals surface area contributed by atoms with Crippen molar-refractivity contribution in [3.63, 3.8) is 0 Å². The second kappa shape index (κ2) is 9.21. The Hall–Kier alpha value is -2.80. The third kappa shape index (κ3) is 4.38. The summed E-state index contributed by atoms with van der Waals surface area (Å²) in [5.74, 6) is 0.112. The molecule has 2 aromatic carbocycles. The zero-order valence-corrected chi connectivity index (χ0v) is 17.6. The standard InChI is InChI=1S/C22H26O11/c1-30-10-5-15-11(7-14(26)21(31-15)9-2-3-12(24)13(25)4-9)16(6-10)32-22-20(29)19(28)18(27)17(8-23)33-22/h2-6,14,17-29H,7-8H2,1H3/t14-,17+,18+,19-,20+,21+,22+/m0/s1. The van der Waals surface area contributed by atoms with Gasteiger partial charge in [0.05, 0.1) is 19.8 Å². The number of fused-ring (bicyclic) bond motifs is 1. The minimum absolute atomic E-state index is 0.0540. The Morgan fingerprint density at radius 2 is 1.73 bits per heavy atom. The van der Waals surface area contributed by atoms with E-state index in [-0.39, 0.29) is 23.7 Å². The third-order valence-corrected chi connectivity index (χ3v) is 5.81. The zero-order valence-electron chi connectivity index (χ0n) is 17.6. The van der Waals surface area contributed by atoms with Gasteiger partial charge in [-0.15, -0.1) is 0 Å². The Labute approximate surface area is 188 Å². The highest BCUT2D eigenvalue weighted by atomic mass is 16.7. The van der Waals surface area contributed by atoms with E-state index in [0.29, 0.717) is 22.6 Å². The van der Waals surface area contributed by atoms with Crippen molar-refractivity contribution in [3.8, 4) is 28.7 Å². The van der Waals surface area contributed by atoms with Crippen LogP contribution in [0.25, 0.3) is 0 Å². The van der Waals surface area contributed by atoms with Gasteiger partial charge in [0.15, 0.2) is 11.5 Å². The lowest BCUT2D eigenvalue weighted by atomic mass is 9.93. The molecule has 0 aromatic heterocycles. The molecule has 0 amide bonds. The highest BCUT2D eigenvalue weighted by Gasteiger charge is 2.45. The average Bonchev–Trinajstić information content (AvgIpc) is 2.81. The molecule has 4 rings (SSSR count). The van der Waals surface area contributed by atoms with Crippen molar-refractivity contribution >= 4 is 0 Å². The second-order valence-corrected chi connectivity index (χ2v) is 7.98. The molecule has 11 heteroatoms. The quantitative estimate of drug-likeness (QED) is 0.278. The van der Waals surface area contributed by atoms with Crippen molar-refractivity contribution in [2.75, 3.05) is 13.7 Å². The van der Waals surface area contributed by atoms with Gasteiger partial charge in [-0.2, -0.15) is 0 Å². The summed E-state index contributed by atoms with van der Waals surface area (Å²) in [4.78, 5) is 0. The lowest BCUT2D eigenvalue weighted by Crippen LogP contribution is -2.60. The predicted octanol–water partition coefficient (Wildman–Crippen LogP) is -0.678. The summed E-state index contributed by atoms with van der Waals surface area (Å²) in [7, 11) is 1.42. The van der Waals surface area contributed by atoms with E-state index < -0.39 is 49.5 Å². The number of aromatic hydroxyl groups is 2. The maximum Gasteiger partial charge on any atom is 0.229 e. The van der Waals surface area contributed by atoms with Gasteiger partial charge in [0.25, 0.3) is 0 Å². The van der Waals surface area contributed by atoms with E-state index in [1.807, 2.05) is 0 Å². The van der Waals surface area contributed by atoms with E-state index >= 15 is 0 Å². The normalized spacial score (nSPS) is 31.4. The number of methoxy groups -OCH3 is 1. The maximum absolute atomic E-state index is 10.8. The first-order valence-corrected chi connectivity index (χ1v) is 10.3. The fraction of sp³-hybridized carbons (Fsp3) is 0.455. The van der Waals surface area contributed by atoms with Gasteiger partial charge in [-0.3, -0.25) is 0 Å². The number of hydrogen-bond acceptors (Lipinski definition) is 11. The fourth-order valence-corrected chi connectivity index (χ4v) is 3.95. The topological polar surface area (TPSA) is 179 Å². The van der Waals surface area contributed by atoms with Crippen LogP contribution in [0.4, 0.5) is 0 Å². The lowest BCUT2D eigenvalue weighted by Gasteiger charge is -2.40. The Morgan fingerprint density at radius 1 is 0.970 bits per heavy atom. The van der Waals surface area contributed by atoms with E-state index in [1.54, 1.807) is 6.07 Å². The van der Waals surface area contributed by atoms with Crippen LogP contribution in [0.15, 0.2) is 30.3 Å². The summed E-state index contributed by atoms with van der Waals surface area (Å²) in [6, 6.07) is 7.16. The molecule has 180 valence electrons. The molecular weight excluding hydrogens is 440 g/mol. The number of aliphatic hydroxyl groups excluding tert-OH is 5. The van der Waals surface area contributed by atoms with Crippen LogP contribution in [0.3, 0.4) is 0 Å². The highest BCUT2D eigenvalue weighted by molar-refractivity contribution is 5.53. The Kier molecular flexibility index (Phi) is 6.52. The summed E-state index contributed by atoms with van der Waals surface area (Å²) >= 11 is 0. The van der Waals surface area contributed by atoms with Crippen molar-refractivity contribution in [1.29, 1.82) is 0 Å². The van der Waals surface area contributed by atoms with Crippen molar-refractivity contribution in [2.24, 2.45) is 0 Å². The molecule has 33 heavy (non-hydrogen) atoms. The van der Waals surface area contributed by atoms with Gasteiger partial charge in [0.2, 0.25) is 6.29 Å². The number of phenolic OH excluding ortho intramolecular Hbond substituents is 2. The van der Waals surface area contributed by atoms with Crippen LogP contribution in [0.2, 0.25) is 0 Å². The molecule has 2 heterocycles. The number of aliphatic hydroxyl groups is 5. The lowest BCUT2D eigenvalue weighted by molar-refractivity contribution is -0.277. The number of hydrogen-bond donors (Lipinski definition) is 7. The van der Waals surface area contributed by atoms with Crippen LogP contribution in [0.5, 0.6) is 28.7 Å². The minimum Gasteiger partial charge on any atom is -0.504 e. The van der Waals surface area contributed by atoms with Gasteiger partial charge in [-0.1, -0.05) is 6.07 Å². The van der Waals surface area contributed by atoms with Crippen LogP contribution < -0.4 is 14.2 Å². The first-order chi connectivity index (χ1) is 15.7. The van der Waals surface area contributed by atoms with Gasteiger partial charge in [-0.25, -0.2) is 0 Å². The molecule has 0 saturated carbocycles. The highest BCUT2D eigenvalue weighted by Crippen LogP contribution is 2.44. The van der Waals surface area contributed by atoms with E-state index in [2.05, 4.69) is 0 Å². The van der Waals surface area contributed by atoms with Crippen molar-refractivity contribution in [2.45, 2.75) is 49.3 Å². The molecule has 1 fully saturated rings. The van der Waals surface area contributed by atoms with Crippen LogP contribution in [0, 0.1) is 0 Å². The van der Waals surface area contributed by atoms with E-state index in [9.17, 15) is 35.7 Å². The molecule has 0 aliphatic carbocycles. The largest absolute Gasteiger partial charge is 0.504 e. The minimum atomic E-state index is -1.62. The maximum atomic E-state index is 10.8. The van der Waals surface area contributed by atoms with Gasteiger partial charge in [0, 0.05) is 24.1 Å². The molecule has 2 aliphatic rings. The summed E-state index contributed by atoms with van der Waals surface area (Å²) in [6.07, 6.45) is -9.22. The predicted molar refractivity (Wildman–Crippen MR) is 110 cm³/mol. The van der Waals surface area contributed by atoms with Crippen molar-refractivity contribution < 1.29 is 54.7 Å². The van der Waals surface area contributed by atoms with E-state index in [1.165, 1.54) is 31.4 Å². The van der Waals surface area contributed by atoms with Gasteiger partial charge in [0.1, 0.15) is 47.8 Å². The summed E-state index contributed by atoms with van der Waals surface area (Å²) in [6.45, 7) is -0.607. The molecule has 0 bridgehead atoms. The molecular formula is C22H26O11. The molecule has 0 spiro atoms. The van der Waals surface area contributed by atoms with Crippen LogP contribution >= 0.6 is 0 Å². The smallest absolute Gasteiger partial charge is 0.229 e.